The molecule has 6 heteroatoms. The number of hydrogen-bond acceptors (Lipinski definition) is 6. The van der Waals surface area contributed by atoms with Gasteiger partial charge >= 0.3 is 0 Å². The van der Waals surface area contributed by atoms with E-state index in [0.717, 1.165) is 90.0 Å². The summed E-state index contributed by atoms with van der Waals surface area (Å²) in [6.45, 7) is 11.8. The van der Waals surface area contributed by atoms with Gasteiger partial charge in [-0.25, -0.2) is 0 Å². The summed E-state index contributed by atoms with van der Waals surface area (Å²) in [5, 5.41) is 4.25. The number of allylic oxidation sites excluding steroid dienone is 5. The molecule has 0 aliphatic heterocycles. The predicted octanol–water partition coefficient (Wildman–Crippen LogP) is 10.3. The summed E-state index contributed by atoms with van der Waals surface area (Å²) in [6, 6.07) is 21.3. The van der Waals surface area contributed by atoms with Gasteiger partial charge in [-0.15, -0.1) is 0 Å². The van der Waals surface area contributed by atoms with Crippen LogP contribution < -0.4 is 9.47 Å². The van der Waals surface area contributed by atoms with Crippen molar-refractivity contribution in [1.82, 2.24) is 9.97 Å². The molecule has 0 amide bonds. The molecule has 0 spiro atoms. The number of rotatable bonds is 11. The van der Waals surface area contributed by atoms with E-state index in [2.05, 4.69) is 83.2 Å². The van der Waals surface area contributed by atoms with Crippen molar-refractivity contribution in [3.63, 3.8) is 0 Å². The molecule has 0 fully saturated rings. The van der Waals surface area contributed by atoms with E-state index in [0.29, 0.717) is 0 Å². The average molecular weight is 621 g/mol. The molecule has 0 N–H and O–H groups in total. The van der Waals surface area contributed by atoms with Crippen LogP contribution in [0.3, 0.4) is 0 Å². The standard InChI is InChI=1S/C41H40N4O2/c1-8-12-13-32(36-26-43-22-23-45-36)28-15-19-34-30(25-28)17-21-38(47-7)40(34)39-33-18-14-27(24-29(33)16-20-37(39)46-6)31(9-2)41(44-11-4)35(10-3)42-5/h8,10-26H,5,9H2,1-4,6-7H3/b12-8-,32-13-,35-10+,41-31-,44-11?. The van der Waals surface area contributed by atoms with Gasteiger partial charge in [0.1, 0.15) is 11.5 Å². The maximum absolute atomic E-state index is 6.01. The third-order valence-electron chi connectivity index (χ3n) is 8.19. The van der Waals surface area contributed by atoms with Crippen LogP contribution in [0.1, 0.15) is 50.9 Å². The smallest absolute Gasteiger partial charge is 0.127 e. The Morgan fingerprint density at radius 3 is 1.98 bits per heavy atom. The molecule has 1 heterocycles. The second kappa shape index (κ2) is 15.1. The zero-order valence-electron chi connectivity index (χ0n) is 27.9. The summed E-state index contributed by atoms with van der Waals surface area (Å²) in [7, 11) is 3.42. The van der Waals surface area contributed by atoms with Gasteiger partial charge in [0.25, 0.3) is 0 Å². The Bertz CT molecular complexity index is 2090. The van der Waals surface area contributed by atoms with E-state index in [-0.39, 0.29) is 0 Å². The maximum Gasteiger partial charge on any atom is 0.127 e. The van der Waals surface area contributed by atoms with Crippen molar-refractivity contribution >= 4 is 45.6 Å². The summed E-state index contributed by atoms with van der Waals surface area (Å²) >= 11 is 0. The van der Waals surface area contributed by atoms with E-state index < -0.39 is 0 Å². The van der Waals surface area contributed by atoms with Gasteiger partial charge in [-0.05, 0) is 96.4 Å². The third kappa shape index (κ3) is 6.54. The molecule has 5 rings (SSSR count). The number of nitrogens with zero attached hydrogens (tertiary/aromatic N) is 4. The molecule has 4 aromatic carbocycles. The molecule has 0 atom stereocenters. The number of benzene rings is 4. The van der Waals surface area contributed by atoms with Crippen molar-refractivity contribution in [3.8, 4) is 22.6 Å². The fourth-order valence-corrected chi connectivity index (χ4v) is 6.03. The Balaban J connectivity index is 1.76. The highest BCUT2D eigenvalue weighted by atomic mass is 16.5. The van der Waals surface area contributed by atoms with Gasteiger partial charge in [-0.3, -0.25) is 20.0 Å². The van der Waals surface area contributed by atoms with Crippen LogP contribution in [0.4, 0.5) is 0 Å². The van der Waals surface area contributed by atoms with Crippen LogP contribution in [-0.4, -0.2) is 37.1 Å². The Labute approximate surface area is 277 Å². The van der Waals surface area contributed by atoms with Crippen LogP contribution in [-0.2, 0) is 0 Å². The van der Waals surface area contributed by atoms with E-state index in [1.165, 1.54) is 0 Å². The first-order valence-corrected chi connectivity index (χ1v) is 15.7. The fourth-order valence-electron chi connectivity index (χ4n) is 6.03. The predicted molar refractivity (Wildman–Crippen MR) is 199 cm³/mol. The molecule has 0 saturated heterocycles. The Hall–Kier alpha value is -5.62. The third-order valence-corrected chi connectivity index (χ3v) is 8.19. The number of methoxy groups -OCH3 is 2. The second-order valence-electron chi connectivity index (χ2n) is 10.8. The van der Waals surface area contributed by atoms with Gasteiger partial charge < -0.3 is 9.47 Å². The first-order valence-electron chi connectivity index (χ1n) is 15.7. The molecular formula is C41H40N4O2. The van der Waals surface area contributed by atoms with Gasteiger partial charge in [-0.2, -0.15) is 0 Å². The van der Waals surface area contributed by atoms with Gasteiger partial charge in [0.15, 0.2) is 0 Å². The second-order valence-corrected chi connectivity index (χ2v) is 10.8. The molecule has 5 aromatic rings. The molecule has 0 bridgehead atoms. The van der Waals surface area contributed by atoms with E-state index >= 15 is 0 Å². The summed E-state index contributed by atoms with van der Waals surface area (Å²) in [5.41, 5.74) is 8.56. The van der Waals surface area contributed by atoms with Crippen LogP contribution in [0.5, 0.6) is 11.5 Å². The lowest BCUT2D eigenvalue weighted by Crippen LogP contribution is -1.97. The number of aromatic nitrogens is 2. The van der Waals surface area contributed by atoms with Crippen LogP contribution in [0, 0.1) is 0 Å². The van der Waals surface area contributed by atoms with Crippen molar-refractivity contribution < 1.29 is 9.47 Å². The Kier molecular flexibility index (Phi) is 10.5. The van der Waals surface area contributed by atoms with E-state index in [9.17, 15) is 0 Å². The minimum Gasteiger partial charge on any atom is -0.496 e. The molecule has 1 aromatic heterocycles. The largest absolute Gasteiger partial charge is 0.496 e. The molecular weight excluding hydrogens is 580 g/mol. The van der Waals surface area contributed by atoms with E-state index in [4.69, 9.17) is 14.5 Å². The average Bonchev–Trinajstić information content (AvgIpc) is 3.12. The van der Waals surface area contributed by atoms with Crippen molar-refractivity contribution in [3.05, 3.63) is 132 Å². The zero-order valence-corrected chi connectivity index (χ0v) is 27.9. The van der Waals surface area contributed by atoms with Crippen molar-refractivity contribution in [2.45, 2.75) is 34.1 Å². The summed E-state index contributed by atoms with van der Waals surface area (Å²) < 4.78 is 12.0. The molecule has 236 valence electrons. The van der Waals surface area contributed by atoms with Crippen LogP contribution in [0.25, 0.3) is 43.8 Å². The number of fused-ring (bicyclic) bond motifs is 2. The fraction of sp³-hybridized carbons (Fsp3) is 0.171. The van der Waals surface area contributed by atoms with Gasteiger partial charge in [0.05, 0.1) is 37.5 Å². The molecule has 0 aliphatic rings. The topological polar surface area (TPSA) is 69.0 Å². The molecule has 0 radical (unpaired) electrons. The summed E-state index contributed by atoms with van der Waals surface area (Å²) in [4.78, 5) is 17.8. The first kappa shape index (κ1) is 32.8. The quantitative estimate of drug-likeness (QED) is 0.109. The van der Waals surface area contributed by atoms with Gasteiger partial charge in [-0.1, -0.05) is 67.6 Å². The minimum absolute atomic E-state index is 0.762. The molecule has 47 heavy (non-hydrogen) atoms. The van der Waals surface area contributed by atoms with Crippen molar-refractivity contribution in [1.29, 1.82) is 0 Å². The van der Waals surface area contributed by atoms with Crippen LogP contribution in [0.2, 0.25) is 0 Å². The molecule has 0 saturated carbocycles. The molecule has 0 aliphatic carbocycles. The summed E-state index contributed by atoms with van der Waals surface area (Å²) in [6.07, 6.45) is 15.8. The first-order chi connectivity index (χ1) is 23.0. The minimum atomic E-state index is 0.762. The SMILES string of the molecule is C=NC(=C/C)/C(N=CC)=C(\CC)c1ccc2c(-c3c(OC)ccc4cc(/C(=C/C=C\C)c5cnccn5)ccc34)c(OC)ccc2c1. The molecule has 6 nitrogen and oxygen atoms in total. The zero-order chi connectivity index (χ0) is 33.3. The lowest BCUT2D eigenvalue weighted by Gasteiger charge is -2.19. The van der Waals surface area contributed by atoms with Gasteiger partial charge in [0, 0.05) is 35.3 Å². The van der Waals surface area contributed by atoms with Crippen molar-refractivity contribution in [2.75, 3.05) is 14.2 Å². The highest BCUT2D eigenvalue weighted by Gasteiger charge is 2.20. The Morgan fingerprint density at radius 2 is 1.47 bits per heavy atom. The highest BCUT2D eigenvalue weighted by Crippen LogP contribution is 2.46. The van der Waals surface area contributed by atoms with Crippen LogP contribution >= 0.6 is 0 Å². The highest BCUT2D eigenvalue weighted by molar-refractivity contribution is 6.10. The van der Waals surface area contributed by atoms with E-state index in [1.807, 2.05) is 51.1 Å². The van der Waals surface area contributed by atoms with E-state index in [1.54, 1.807) is 39.0 Å². The maximum atomic E-state index is 6.01. The monoisotopic (exact) mass is 620 g/mol. The number of ether oxygens (including phenoxy) is 2. The van der Waals surface area contributed by atoms with Crippen LogP contribution in [0.15, 0.2) is 125 Å². The number of aliphatic imine (C=N–C) groups is 2. The summed E-state index contributed by atoms with van der Waals surface area (Å²) in [5.74, 6) is 1.53. The van der Waals surface area contributed by atoms with Gasteiger partial charge in [0.2, 0.25) is 0 Å². The van der Waals surface area contributed by atoms with Crippen molar-refractivity contribution in [2.24, 2.45) is 9.98 Å². The number of hydrogen-bond donors (Lipinski definition) is 0. The Morgan fingerprint density at radius 1 is 0.830 bits per heavy atom. The lowest BCUT2D eigenvalue weighted by atomic mass is 9.89. The molecule has 0 unspecified atom stereocenters. The lowest BCUT2D eigenvalue weighted by molar-refractivity contribution is 0.411. The normalized spacial score (nSPS) is 13.1.